The number of methoxy groups -OCH3 is 1. The van der Waals surface area contributed by atoms with E-state index in [0.29, 0.717) is 22.2 Å². The van der Waals surface area contributed by atoms with Crippen molar-refractivity contribution < 1.29 is 43.1 Å². The Morgan fingerprint density at radius 3 is 2.54 bits per heavy atom. The molecule has 37 heavy (non-hydrogen) atoms. The number of nitrogens with one attached hydrogen (secondary N) is 1. The second-order valence-corrected chi connectivity index (χ2v) is 11.2. The number of carbonyl (C=O) groups excluding carboxylic acids is 1. The van der Waals surface area contributed by atoms with Gasteiger partial charge in [0.05, 0.1) is 29.7 Å². The Kier molecular flexibility index (Phi) is 7.81. The molecular formula is C24H27ClN2O9S. The van der Waals surface area contributed by atoms with Crippen molar-refractivity contribution in [3.63, 3.8) is 0 Å². The Labute approximate surface area is 217 Å². The molecule has 2 aromatic carbocycles. The predicted octanol–water partition coefficient (Wildman–Crippen LogP) is 0.285. The number of fused-ring (bicyclic) bond motifs is 1. The maximum atomic E-state index is 13.3. The first-order valence-electron chi connectivity index (χ1n) is 11.2. The van der Waals surface area contributed by atoms with Gasteiger partial charge in [-0.15, -0.1) is 0 Å². The number of sulfone groups is 1. The Bertz CT molecular complexity index is 1430. The van der Waals surface area contributed by atoms with Gasteiger partial charge in [0.25, 0.3) is 5.91 Å². The Hall–Kier alpha value is -2.71. The first-order chi connectivity index (χ1) is 17.4. The van der Waals surface area contributed by atoms with Crippen molar-refractivity contribution in [3.8, 4) is 5.75 Å². The lowest BCUT2D eigenvalue weighted by molar-refractivity contribution is -0.252. The number of halogens is 1. The van der Waals surface area contributed by atoms with Crippen molar-refractivity contribution in [2.45, 2.75) is 42.1 Å². The lowest BCUT2D eigenvalue weighted by atomic mass is 9.96. The number of rotatable bonds is 7. The summed E-state index contributed by atoms with van der Waals surface area (Å²) in [4.78, 5) is 13.3. The van der Waals surface area contributed by atoms with Gasteiger partial charge in [0.2, 0.25) is 0 Å². The topological polar surface area (TPSA) is 168 Å². The third kappa shape index (κ3) is 5.46. The van der Waals surface area contributed by atoms with E-state index in [2.05, 4.69) is 5.32 Å². The highest BCUT2D eigenvalue weighted by Gasteiger charge is 2.44. The molecule has 0 radical (unpaired) electrons. The van der Waals surface area contributed by atoms with Crippen LogP contribution in [-0.2, 0) is 21.1 Å². The SMILES string of the molecule is COc1ccc2c(C(=O)N[C@H]3C(O)OC(CO)[C@@H](O)C3O)cn(Cc3ccc(Cl)cc3S(C)(=O)=O)c2c1. The van der Waals surface area contributed by atoms with Gasteiger partial charge < -0.3 is 39.8 Å². The van der Waals surface area contributed by atoms with Crippen LogP contribution in [0.4, 0.5) is 0 Å². The number of amides is 1. The molecule has 4 rings (SSSR count). The molecule has 0 bridgehead atoms. The number of ether oxygens (including phenoxy) is 2. The molecule has 1 saturated heterocycles. The summed E-state index contributed by atoms with van der Waals surface area (Å²) < 4.78 is 36.9. The van der Waals surface area contributed by atoms with Crippen molar-refractivity contribution in [2.24, 2.45) is 0 Å². The third-order valence-electron chi connectivity index (χ3n) is 6.30. The number of hydrogen-bond donors (Lipinski definition) is 5. The van der Waals surface area contributed by atoms with E-state index in [1.165, 1.54) is 19.4 Å². The monoisotopic (exact) mass is 554 g/mol. The van der Waals surface area contributed by atoms with Gasteiger partial charge in [0, 0.05) is 35.5 Å². The number of nitrogens with zero attached hydrogens (tertiary/aromatic N) is 1. The number of benzene rings is 2. The summed E-state index contributed by atoms with van der Waals surface area (Å²) in [5.41, 5.74) is 1.16. The molecule has 1 amide bonds. The molecule has 11 nitrogen and oxygen atoms in total. The van der Waals surface area contributed by atoms with Crippen LogP contribution < -0.4 is 10.1 Å². The van der Waals surface area contributed by atoms with Crippen molar-refractivity contribution in [1.82, 2.24) is 9.88 Å². The molecule has 0 saturated carbocycles. The van der Waals surface area contributed by atoms with Crippen LogP contribution >= 0.6 is 11.6 Å². The van der Waals surface area contributed by atoms with E-state index in [-0.39, 0.29) is 22.0 Å². The summed E-state index contributed by atoms with van der Waals surface area (Å²) in [6.07, 6.45) is -3.45. The molecule has 5 N–H and O–H groups in total. The Balaban J connectivity index is 1.73. The van der Waals surface area contributed by atoms with E-state index in [4.69, 9.17) is 21.1 Å². The van der Waals surface area contributed by atoms with Crippen LogP contribution in [0.3, 0.4) is 0 Å². The number of aromatic nitrogens is 1. The first-order valence-corrected chi connectivity index (χ1v) is 13.5. The number of aliphatic hydroxyl groups is 4. The number of carbonyl (C=O) groups is 1. The van der Waals surface area contributed by atoms with Crippen LogP contribution in [0, 0.1) is 0 Å². The minimum absolute atomic E-state index is 0.0498. The molecular weight excluding hydrogens is 528 g/mol. The van der Waals surface area contributed by atoms with Gasteiger partial charge in [-0.25, -0.2) is 8.42 Å². The molecule has 1 aliphatic heterocycles. The first kappa shape index (κ1) is 27.3. The van der Waals surface area contributed by atoms with E-state index >= 15 is 0 Å². The smallest absolute Gasteiger partial charge is 0.253 e. The van der Waals surface area contributed by atoms with Crippen molar-refractivity contribution in [2.75, 3.05) is 20.0 Å². The molecule has 5 atom stereocenters. The van der Waals surface area contributed by atoms with E-state index in [9.17, 15) is 33.6 Å². The largest absolute Gasteiger partial charge is 0.497 e. The molecule has 1 aromatic heterocycles. The summed E-state index contributed by atoms with van der Waals surface area (Å²) in [6, 6.07) is 8.14. The quantitative estimate of drug-likeness (QED) is 0.275. The molecule has 1 aliphatic rings. The van der Waals surface area contributed by atoms with Crippen LogP contribution in [0.5, 0.6) is 5.75 Å². The van der Waals surface area contributed by atoms with Crippen LogP contribution in [0.2, 0.25) is 5.02 Å². The predicted molar refractivity (Wildman–Crippen MR) is 133 cm³/mol. The van der Waals surface area contributed by atoms with E-state index in [1.807, 2.05) is 0 Å². The van der Waals surface area contributed by atoms with Crippen molar-refractivity contribution in [1.29, 1.82) is 0 Å². The molecule has 3 aromatic rings. The summed E-state index contributed by atoms with van der Waals surface area (Å²) in [6.45, 7) is -0.559. The second-order valence-electron chi connectivity index (χ2n) is 8.81. The van der Waals surface area contributed by atoms with Gasteiger partial charge in [0.1, 0.15) is 30.1 Å². The van der Waals surface area contributed by atoms with E-state index < -0.39 is 53.0 Å². The molecule has 0 spiro atoms. The van der Waals surface area contributed by atoms with Crippen molar-refractivity contribution >= 4 is 38.2 Å². The maximum absolute atomic E-state index is 13.3. The highest BCUT2D eigenvalue weighted by Crippen LogP contribution is 2.29. The molecule has 2 heterocycles. The molecule has 3 unspecified atom stereocenters. The highest BCUT2D eigenvalue weighted by molar-refractivity contribution is 7.90. The Morgan fingerprint density at radius 2 is 1.89 bits per heavy atom. The fourth-order valence-electron chi connectivity index (χ4n) is 4.38. The molecule has 1 fully saturated rings. The normalized spacial score (nSPS) is 24.2. The highest BCUT2D eigenvalue weighted by atomic mass is 35.5. The maximum Gasteiger partial charge on any atom is 0.253 e. The van der Waals surface area contributed by atoms with Gasteiger partial charge in [0.15, 0.2) is 16.1 Å². The van der Waals surface area contributed by atoms with Crippen molar-refractivity contribution in [3.05, 3.63) is 58.7 Å². The fraction of sp³-hybridized carbons (Fsp3) is 0.375. The average Bonchev–Trinajstić information content (AvgIpc) is 3.21. The summed E-state index contributed by atoms with van der Waals surface area (Å²) in [5, 5.41) is 43.3. The number of aliphatic hydroxyl groups excluding tert-OH is 4. The van der Waals surface area contributed by atoms with E-state index in [1.54, 1.807) is 34.9 Å². The van der Waals surface area contributed by atoms with Gasteiger partial charge >= 0.3 is 0 Å². The van der Waals surface area contributed by atoms with Crippen LogP contribution in [0.15, 0.2) is 47.5 Å². The molecule has 200 valence electrons. The Morgan fingerprint density at radius 1 is 1.16 bits per heavy atom. The standard InChI is InChI=1S/C24H27ClN2O9S/c1-35-14-5-6-15-16(23(31)26-20-22(30)21(29)18(11-28)36-24(20)32)10-27(17(15)8-14)9-12-3-4-13(25)7-19(12)37(2,33)34/h3-8,10,18,20-22,24,28-30,32H,9,11H2,1-2H3,(H,26,31)/t18?,20-,21-,22?,24?/m1/s1. The third-order valence-corrected chi connectivity index (χ3v) is 7.72. The van der Waals surface area contributed by atoms with Gasteiger partial charge in [-0.2, -0.15) is 0 Å². The minimum Gasteiger partial charge on any atom is -0.497 e. The summed E-state index contributed by atoms with van der Waals surface area (Å²) >= 11 is 6.03. The summed E-state index contributed by atoms with van der Waals surface area (Å²) in [5.74, 6) is -0.183. The lowest BCUT2D eigenvalue weighted by Crippen LogP contribution is -2.64. The van der Waals surface area contributed by atoms with Crippen LogP contribution in [0.1, 0.15) is 15.9 Å². The van der Waals surface area contributed by atoms with E-state index in [0.717, 1.165) is 6.26 Å². The van der Waals surface area contributed by atoms with Crippen LogP contribution in [0.25, 0.3) is 10.9 Å². The molecule has 0 aliphatic carbocycles. The molecule has 13 heteroatoms. The van der Waals surface area contributed by atoms with Gasteiger partial charge in [-0.1, -0.05) is 17.7 Å². The zero-order valence-corrected chi connectivity index (χ0v) is 21.5. The fourth-order valence-corrected chi connectivity index (χ4v) is 5.57. The number of hydrogen-bond acceptors (Lipinski definition) is 9. The second kappa shape index (κ2) is 10.6. The van der Waals surface area contributed by atoms with Gasteiger partial charge in [-0.3, -0.25) is 4.79 Å². The van der Waals surface area contributed by atoms with Gasteiger partial charge in [-0.05, 0) is 29.8 Å². The minimum atomic E-state index is -3.61. The average molecular weight is 555 g/mol. The summed E-state index contributed by atoms with van der Waals surface area (Å²) in [7, 11) is -2.12. The lowest BCUT2D eigenvalue weighted by Gasteiger charge is -2.40. The zero-order chi connectivity index (χ0) is 27.1. The van der Waals surface area contributed by atoms with Crippen LogP contribution in [-0.4, -0.2) is 89.9 Å². The zero-order valence-electron chi connectivity index (χ0n) is 19.9.